The number of pyridine rings is 1. The lowest BCUT2D eigenvalue weighted by atomic mass is 10.2. The number of hydrogen-bond donors (Lipinski definition) is 0. The quantitative estimate of drug-likeness (QED) is 0.668. The summed E-state index contributed by atoms with van der Waals surface area (Å²) in [5, 5.41) is 1.21. The molecule has 63 valence electrons. The minimum atomic E-state index is 0.490. The molecule has 0 atom stereocenters. The molecule has 0 unspecified atom stereocenters. The van der Waals surface area contributed by atoms with Gasteiger partial charge < -0.3 is 0 Å². The first-order chi connectivity index (χ1) is 5.68. The van der Waals surface area contributed by atoms with Crippen molar-refractivity contribution in [2.24, 2.45) is 0 Å². The maximum atomic E-state index is 5.68. The second-order valence-corrected chi connectivity index (χ2v) is 3.29. The number of halogens is 2. The summed E-state index contributed by atoms with van der Waals surface area (Å²) in [7, 11) is 0. The predicted octanol–water partition coefficient (Wildman–Crippen LogP) is 3.43. The van der Waals surface area contributed by atoms with Crippen LogP contribution in [0.5, 0.6) is 0 Å². The van der Waals surface area contributed by atoms with E-state index in [4.69, 9.17) is 23.2 Å². The van der Waals surface area contributed by atoms with Crippen LogP contribution in [0.4, 0.5) is 0 Å². The third kappa shape index (κ3) is 3.24. The van der Waals surface area contributed by atoms with Gasteiger partial charge in [-0.3, -0.25) is 0 Å². The summed E-state index contributed by atoms with van der Waals surface area (Å²) < 4.78 is 0. The Balaban J connectivity index is 2.70. The van der Waals surface area contributed by atoms with Gasteiger partial charge >= 0.3 is 0 Å². The summed E-state index contributed by atoms with van der Waals surface area (Å²) in [6.45, 7) is 1.81. The van der Waals surface area contributed by atoms with Crippen LogP contribution in [0.25, 0.3) is 0 Å². The van der Waals surface area contributed by atoms with Gasteiger partial charge in [0.1, 0.15) is 5.15 Å². The molecule has 0 spiro atoms. The number of allylic oxidation sites excluding steroid dienone is 2. The third-order valence-corrected chi connectivity index (χ3v) is 1.56. The van der Waals surface area contributed by atoms with Gasteiger partial charge in [-0.2, -0.15) is 0 Å². The Morgan fingerprint density at radius 1 is 1.50 bits per heavy atom. The molecule has 1 rings (SSSR count). The van der Waals surface area contributed by atoms with Crippen molar-refractivity contribution >= 4 is 23.2 Å². The maximum absolute atomic E-state index is 5.68. The van der Waals surface area contributed by atoms with Gasteiger partial charge in [-0.25, -0.2) is 4.98 Å². The monoisotopic (exact) mass is 200 g/mol. The molecule has 0 N–H and O–H groups in total. The molecule has 1 heterocycles. The van der Waals surface area contributed by atoms with Crippen molar-refractivity contribution in [3.8, 4) is 0 Å². The van der Waals surface area contributed by atoms with E-state index in [9.17, 15) is 0 Å². The Labute approximate surface area is 82.0 Å². The standard InChI is InChI=1S/C9H8Cl2N/c1-7(10)5-6-8-3-2-4-9(11)12-8/h2-6H,1H3. The third-order valence-electron chi connectivity index (χ3n) is 1.22. The highest BCUT2D eigenvalue weighted by Crippen LogP contribution is 2.09. The van der Waals surface area contributed by atoms with Gasteiger partial charge in [-0.15, -0.1) is 0 Å². The lowest BCUT2D eigenvalue weighted by Crippen LogP contribution is -1.84. The van der Waals surface area contributed by atoms with Crippen molar-refractivity contribution in [1.29, 1.82) is 0 Å². The fourth-order valence-corrected chi connectivity index (χ4v) is 0.950. The zero-order chi connectivity index (χ0) is 8.97. The Hall–Kier alpha value is -0.530. The van der Waals surface area contributed by atoms with E-state index in [-0.39, 0.29) is 0 Å². The molecule has 1 radical (unpaired) electrons. The van der Waals surface area contributed by atoms with Crippen LogP contribution in [0.15, 0.2) is 29.3 Å². The number of nitrogens with zero attached hydrogens (tertiary/aromatic N) is 1. The Morgan fingerprint density at radius 2 is 2.25 bits per heavy atom. The summed E-state index contributed by atoms with van der Waals surface area (Å²) in [5.41, 5.74) is 0.808. The first kappa shape index (κ1) is 9.56. The summed E-state index contributed by atoms with van der Waals surface area (Å²) in [6.07, 6.45) is 3.59. The van der Waals surface area contributed by atoms with Crippen molar-refractivity contribution < 1.29 is 0 Å². The molecule has 0 saturated carbocycles. The molecule has 1 aromatic heterocycles. The molecule has 0 aliphatic heterocycles. The van der Waals surface area contributed by atoms with E-state index in [1.165, 1.54) is 0 Å². The molecule has 0 saturated heterocycles. The molecule has 0 aliphatic carbocycles. The molecule has 0 amide bonds. The van der Waals surface area contributed by atoms with E-state index in [1.807, 2.05) is 25.5 Å². The highest BCUT2D eigenvalue weighted by Gasteiger charge is 1.93. The van der Waals surface area contributed by atoms with Gasteiger partial charge in [0.15, 0.2) is 0 Å². The topological polar surface area (TPSA) is 12.9 Å². The highest BCUT2D eigenvalue weighted by molar-refractivity contribution is 6.29. The average Bonchev–Trinajstić information content (AvgIpc) is 2.01. The maximum Gasteiger partial charge on any atom is 0.129 e. The summed E-state index contributed by atoms with van der Waals surface area (Å²) in [4.78, 5) is 4.05. The van der Waals surface area contributed by atoms with Gasteiger partial charge in [0.05, 0.1) is 5.69 Å². The van der Waals surface area contributed by atoms with Crippen molar-refractivity contribution in [2.45, 2.75) is 6.92 Å². The van der Waals surface area contributed by atoms with Crippen LogP contribution in [0.3, 0.4) is 0 Å². The summed E-state index contributed by atoms with van der Waals surface area (Å²) >= 11 is 11.3. The van der Waals surface area contributed by atoms with Crippen LogP contribution in [0.1, 0.15) is 12.6 Å². The molecule has 0 aromatic carbocycles. The molecular weight excluding hydrogens is 193 g/mol. The van der Waals surface area contributed by atoms with Crippen LogP contribution < -0.4 is 0 Å². The predicted molar refractivity (Wildman–Crippen MR) is 52.3 cm³/mol. The minimum Gasteiger partial charge on any atom is -0.240 e. The Morgan fingerprint density at radius 3 is 2.83 bits per heavy atom. The Bertz CT molecular complexity index is 290. The molecular formula is C9H8Cl2N. The SMILES string of the molecule is CC(Cl)=C[CH]c1cccc(Cl)n1. The normalized spacial score (nSPS) is 11.8. The summed E-state index contributed by atoms with van der Waals surface area (Å²) in [6, 6.07) is 5.44. The molecule has 12 heavy (non-hydrogen) atoms. The second kappa shape index (κ2) is 4.48. The number of hydrogen-bond acceptors (Lipinski definition) is 1. The van der Waals surface area contributed by atoms with E-state index in [0.29, 0.717) is 5.15 Å². The van der Waals surface area contributed by atoms with Crippen molar-refractivity contribution in [2.75, 3.05) is 0 Å². The first-order valence-corrected chi connectivity index (χ1v) is 4.24. The van der Waals surface area contributed by atoms with Gasteiger partial charge in [0, 0.05) is 11.5 Å². The van der Waals surface area contributed by atoms with Crippen LogP contribution in [-0.2, 0) is 0 Å². The molecule has 1 aromatic rings. The zero-order valence-corrected chi connectivity index (χ0v) is 8.10. The zero-order valence-electron chi connectivity index (χ0n) is 6.59. The fraction of sp³-hybridized carbons (Fsp3) is 0.111. The largest absolute Gasteiger partial charge is 0.240 e. The van der Waals surface area contributed by atoms with Crippen molar-refractivity contribution in [3.05, 3.63) is 46.6 Å². The number of aromatic nitrogens is 1. The van der Waals surface area contributed by atoms with E-state index >= 15 is 0 Å². The molecule has 0 fully saturated rings. The average molecular weight is 201 g/mol. The van der Waals surface area contributed by atoms with Gasteiger partial charge in [-0.05, 0) is 19.1 Å². The van der Waals surface area contributed by atoms with E-state index in [1.54, 1.807) is 12.1 Å². The second-order valence-electron chi connectivity index (χ2n) is 2.31. The van der Waals surface area contributed by atoms with Crippen LogP contribution >= 0.6 is 23.2 Å². The number of rotatable bonds is 2. The van der Waals surface area contributed by atoms with Crippen LogP contribution in [0.2, 0.25) is 5.15 Å². The smallest absolute Gasteiger partial charge is 0.129 e. The van der Waals surface area contributed by atoms with Gasteiger partial charge in [0.25, 0.3) is 0 Å². The molecule has 0 aliphatic rings. The fourth-order valence-electron chi connectivity index (χ4n) is 0.717. The molecule has 3 heteroatoms. The van der Waals surface area contributed by atoms with E-state index < -0.39 is 0 Å². The van der Waals surface area contributed by atoms with Crippen molar-refractivity contribution in [3.63, 3.8) is 0 Å². The van der Waals surface area contributed by atoms with Gasteiger partial charge in [0.2, 0.25) is 0 Å². The minimum absolute atomic E-state index is 0.490. The summed E-state index contributed by atoms with van der Waals surface area (Å²) in [5.74, 6) is 0. The first-order valence-electron chi connectivity index (χ1n) is 3.48. The van der Waals surface area contributed by atoms with Crippen molar-refractivity contribution in [1.82, 2.24) is 4.98 Å². The molecule has 1 nitrogen and oxygen atoms in total. The lowest BCUT2D eigenvalue weighted by molar-refractivity contribution is 1.23. The molecule has 0 bridgehead atoms. The van der Waals surface area contributed by atoms with E-state index in [0.717, 1.165) is 10.7 Å². The van der Waals surface area contributed by atoms with Crippen LogP contribution in [0, 0.1) is 6.42 Å². The van der Waals surface area contributed by atoms with Gasteiger partial charge in [-0.1, -0.05) is 35.3 Å². The highest BCUT2D eigenvalue weighted by atomic mass is 35.5. The Kier molecular flexibility index (Phi) is 3.57. The van der Waals surface area contributed by atoms with E-state index in [2.05, 4.69) is 4.98 Å². The van der Waals surface area contributed by atoms with Crippen LogP contribution in [-0.4, -0.2) is 4.98 Å². The lowest BCUT2D eigenvalue weighted by Gasteiger charge is -1.95.